The van der Waals surface area contributed by atoms with Gasteiger partial charge in [0.15, 0.2) is 0 Å². The minimum atomic E-state index is -0.899. The van der Waals surface area contributed by atoms with Crippen LogP contribution in [0.3, 0.4) is 0 Å². The second-order valence-electron chi connectivity index (χ2n) is 9.93. The third kappa shape index (κ3) is 5.53. The van der Waals surface area contributed by atoms with E-state index in [1.807, 2.05) is 0 Å². The second-order valence-corrected chi connectivity index (χ2v) is 11.0. The molecule has 1 aliphatic rings. The number of nitro benzene ring substituents is 2. The molecule has 1 atom stereocenters. The number of carbonyl (C=O) groups excluding carboxylic acids is 1. The number of aromatic hydroxyl groups is 1. The van der Waals surface area contributed by atoms with Crippen molar-refractivity contribution in [3.05, 3.63) is 78.1 Å². The number of rotatable bonds is 7. The van der Waals surface area contributed by atoms with Crippen molar-refractivity contribution < 1.29 is 24.2 Å². The molecular weight excluding hydrogens is 500 g/mol. The van der Waals surface area contributed by atoms with Crippen LogP contribution in [0.5, 0.6) is 5.75 Å². The normalized spacial score (nSPS) is 15.5. The lowest BCUT2D eigenvalue weighted by molar-refractivity contribution is -0.394. The summed E-state index contributed by atoms with van der Waals surface area (Å²) >= 11 is 1.35. The fourth-order valence-corrected chi connectivity index (χ4v) is 5.67. The molecule has 1 aromatic carbocycles. The Labute approximate surface area is 216 Å². The minimum absolute atomic E-state index is 0.0838. The van der Waals surface area contributed by atoms with E-state index in [1.54, 1.807) is 12.1 Å². The number of hydrogen-bond acceptors (Lipinski definition) is 9. The monoisotopic (exact) mass is 526 g/mol. The summed E-state index contributed by atoms with van der Waals surface area (Å²) in [7, 11) is 0. The van der Waals surface area contributed by atoms with E-state index < -0.39 is 27.0 Å². The maximum absolute atomic E-state index is 13.3. The van der Waals surface area contributed by atoms with E-state index in [9.17, 15) is 30.1 Å². The summed E-state index contributed by atoms with van der Waals surface area (Å²) in [6.07, 6.45) is 5.02. The first kappa shape index (κ1) is 26.0. The molecule has 1 aliphatic carbocycles. The topological polar surface area (TPSA) is 161 Å². The lowest BCUT2D eigenvalue weighted by Crippen LogP contribution is -2.28. The molecule has 12 heteroatoms. The van der Waals surface area contributed by atoms with Crippen LogP contribution >= 0.6 is 11.3 Å². The number of hydrogen-bond donors (Lipinski definition) is 2. The fraction of sp³-hybridized carbons (Fsp3) is 0.360. The van der Waals surface area contributed by atoms with Crippen molar-refractivity contribution in [2.45, 2.75) is 46.6 Å². The van der Waals surface area contributed by atoms with Crippen molar-refractivity contribution in [1.82, 2.24) is 5.32 Å². The van der Waals surface area contributed by atoms with E-state index in [-0.39, 0.29) is 23.4 Å². The quantitative estimate of drug-likeness (QED) is 0.227. The molecule has 2 heterocycles. The second kappa shape index (κ2) is 10.1. The summed E-state index contributed by atoms with van der Waals surface area (Å²) in [4.78, 5) is 39.6. The number of nitrogens with one attached hydrogen (secondary N) is 1. The summed E-state index contributed by atoms with van der Waals surface area (Å²) in [6.45, 7) is 6.74. The van der Waals surface area contributed by atoms with E-state index in [2.05, 4.69) is 31.1 Å². The summed E-state index contributed by atoms with van der Waals surface area (Å²) in [5, 5.41) is 36.1. The number of thiophene rings is 1. The number of carbonyl (C=O) groups is 1. The van der Waals surface area contributed by atoms with Gasteiger partial charge >= 0.3 is 5.69 Å². The van der Waals surface area contributed by atoms with Gasteiger partial charge in [-0.1, -0.05) is 20.8 Å². The molecule has 194 valence electrons. The number of aliphatic imine (C=N–C) groups is 1. The predicted octanol–water partition coefficient (Wildman–Crippen LogP) is 5.69. The van der Waals surface area contributed by atoms with E-state index in [4.69, 9.17) is 4.42 Å². The Balaban J connectivity index is 1.74. The highest BCUT2D eigenvalue weighted by Gasteiger charge is 2.34. The number of nitro groups is 2. The molecule has 0 aliphatic heterocycles. The van der Waals surface area contributed by atoms with Gasteiger partial charge in [0.05, 0.1) is 34.3 Å². The molecule has 11 nitrogen and oxygen atoms in total. The summed E-state index contributed by atoms with van der Waals surface area (Å²) in [5.41, 5.74) is -0.160. The number of phenolic OH excluding ortho intramolecular Hbond substituents is 1. The lowest BCUT2D eigenvalue weighted by Gasteiger charge is -2.33. The van der Waals surface area contributed by atoms with Crippen LogP contribution in [0.1, 0.15) is 59.3 Å². The molecule has 2 aromatic heterocycles. The average molecular weight is 527 g/mol. The number of benzene rings is 1. The maximum Gasteiger partial charge on any atom is 0.318 e. The zero-order valence-electron chi connectivity index (χ0n) is 20.5. The standard InChI is InChI=1S/C25H26N4O7S/c1-25(2,3)15-6-7-18-20(10-15)37-24(21(18)23(31)26-13-17-5-4-8-36-17)27-12-14-9-16(28(32)33)11-19(22(14)30)29(34)35/h4-5,8-9,11-12,15,30H,6-7,10,13H2,1-3H3,(H,26,31)/t15-/m1/s1. The molecule has 0 spiro atoms. The number of furan rings is 1. The zero-order chi connectivity index (χ0) is 26.9. The maximum atomic E-state index is 13.3. The number of phenols is 1. The first-order valence-electron chi connectivity index (χ1n) is 11.6. The van der Waals surface area contributed by atoms with Gasteiger partial charge in [-0.25, -0.2) is 4.99 Å². The van der Waals surface area contributed by atoms with E-state index in [0.29, 0.717) is 34.7 Å². The van der Waals surface area contributed by atoms with Crippen LogP contribution in [-0.4, -0.2) is 27.1 Å². The van der Waals surface area contributed by atoms with Gasteiger partial charge in [-0.15, -0.1) is 11.3 Å². The van der Waals surface area contributed by atoms with Crippen molar-refractivity contribution in [2.75, 3.05) is 0 Å². The summed E-state index contributed by atoms with van der Waals surface area (Å²) in [6, 6.07) is 5.16. The lowest BCUT2D eigenvalue weighted by atomic mass is 9.72. The molecular formula is C25H26N4O7S. The first-order valence-corrected chi connectivity index (χ1v) is 12.4. The fourth-order valence-electron chi connectivity index (χ4n) is 4.40. The largest absolute Gasteiger partial charge is 0.502 e. The highest BCUT2D eigenvalue weighted by Crippen LogP contribution is 2.45. The average Bonchev–Trinajstić information content (AvgIpc) is 3.48. The van der Waals surface area contributed by atoms with Crippen molar-refractivity contribution in [3.63, 3.8) is 0 Å². The zero-order valence-corrected chi connectivity index (χ0v) is 21.3. The first-order chi connectivity index (χ1) is 17.5. The number of non-ortho nitro benzene ring substituents is 1. The van der Waals surface area contributed by atoms with Gasteiger partial charge in [-0.05, 0) is 48.3 Å². The Bertz CT molecular complexity index is 1390. The molecule has 0 saturated heterocycles. The summed E-state index contributed by atoms with van der Waals surface area (Å²) < 4.78 is 5.30. The Kier molecular flexibility index (Phi) is 7.12. The van der Waals surface area contributed by atoms with Crippen LogP contribution in [-0.2, 0) is 19.4 Å². The molecule has 0 saturated carbocycles. The van der Waals surface area contributed by atoms with E-state index in [1.165, 1.54) is 17.6 Å². The van der Waals surface area contributed by atoms with Gasteiger partial charge < -0.3 is 14.8 Å². The highest BCUT2D eigenvalue weighted by atomic mass is 32.1. The van der Waals surface area contributed by atoms with Crippen LogP contribution in [0, 0.1) is 31.6 Å². The van der Waals surface area contributed by atoms with Crippen molar-refractivity contribution in [2.24, 2.45) is 16.3 Å². The molecule has 3 aromatic rings. The van der Waals surface area contributed by atoms with Gasteiger partial charge in [0.2, 0.25) is 5.75 Å². The molecule has 4 rings (SSSR count). The molecule has 0 fully saturated rings. The minimum Gasteiger partial charge on any atom is -0.502 e. The third-order valence-corrected chi connectivity index (χ3v) is 7.70. The van der Waals surface area contributed by atoms with Gasteiger partial charge in [0.1, 0.15) is 10.8 Å². The third-order valence-electron chi connectivity index (χ3n) is 6.53. The van der Waals surface area contributed by atoms with Crippen LogP contribution in [0.25, 0.3) is 0 Å². The van der Waals surface area contributed by atoms with Gasteiger partial charge in [-0.3, -0.25) is 25.0 Å². The molecule has 0 bridgehead atoms. The highest BCUT2D eigenvalue weighted by molar-refractivity contribution is 7.16. The molecule has 1 amide bonds. The Morgan fingerprint density at radius 2 is 2.05 bits per heavy atom. The van der Waals surface area contributed by atoms with Crippen LogP contribution in [0.4, 0.5) is 16.4 Å². The van der Waals surface area contributed by atoms with Crippen LogP contribution < -0.4 is 5.32 Å². The molecule has 0 unspecified atom stereocenters. The number of fused-ring (bicyclic) bond motifs is 1. The van der Waals surface area contributed by atoms with Gasteiger partial charge in [-0.2, -0.15) is 0 Å². The Hall–Kier alpha value is -4.06. The van der Waals surface area contributed by atoms with E-state index in [0.717, 1.165) is 35.6 Å². The van der Waals surface area contributed by atoms with Crippen LogP contribution in [0.2, 0.25) is 0 Å². The van der Waals surface area contributed by atoms with Crippen molar-refractivity contribution in [3.8, 4) is 5.75 Å². The smallest absolute Gasteiger partial charge is 0.318 e. The number of nitrogens with zero attached hydrogens (tertiary/aromatic N) is 3. The Morgan fingerprint density at radius 3 is 2.68 bits per heavy atom. The van der Waals surface area contributed by atoms with E-state index >= 15 is 0 Å². The van der Waals surface area contributed by atoms with Crippen molar-refractivity contribution in [1.29, 1.82) is 0 Å². The molecule has 37 heavy (non-hydrogen) atoms. The number of amides is 1. The summed E-state index contributed by atoms with van der Waals surface area (Å²) in [5.74, 6) is -0.0797. The van der Waals surface area contributed by atoms with Gasteiger partial charge in [0, 0.05) is 22.7 Å². The van der Waals surface area contributed by atoms with Crippen molar-refractivity contribution >= 4 is 39.8 Å². The molecule has 0 radical (unpaired) electrons. The van der Waals surface area contributed by atoms with Gasteiger partial charge in [0.25, 0.3) is 11.6 Å². The predicted molar refractivity (Wildman–Crippen MR) is 138 cm³/mol. The van der Waals surface area contributed by atoms with Crippen LogP contribution in [0.15, 0.2) is 39.9 Å². The SMILES string of the molecule is CC(C)(C)[C@@H]1CCc2c(sc(N=Cc3cc([N+](=O)[O-])cc([N+](=O)[O-])c3O)c2C(=O)NCc2ccco2)C1. The molecule has 2 N–H and O–H groups in total. The Morgan fingerprint density at radius 1 is 1.30 bits per heavy atom.